The summed E-state index contributed by atoms with van der Waals surface area (Å²) in [6.45, 7) is 2.61. The molecule has 1 aliphatic heterocycles. The van der Waals surface area contributed by atoms with Gasteiger partial charge in [0.1, 0.15) is 17.5 Å². The van der Waals surface area contributed by atoms with Crippen LogP contribution in [0.25, 0.3) is 5.69 Å². The molecule has 2 unspecified atom stereocenters. The Bertz CT molecular complexity index is 1240. The lowest BCUT2D eigenvalue weighted by Gasteiger charge is -2.29. The highest BCUT2D eigenvalue weighted by molar-refractivity contribution is 7.80. The van der Waals surface area contributed by atoms with Crippen molar-refractivity contribution in [1.29, 1.82) is 0 Å². The van der Waals surface area contributed by atoms with Gasteiger partial charge in [-0.05, 0) is 91.9 Å². The van der Waals surface area contributed by atoms with E-state index in [1.807, 2.05) is 55.5 Å². The number of nitrogens with one attached hydrogen (secondary N) is 1. The first kappa shape index (κ1) is 21.0. The third-order valence-electron chi connectivity index (χ3n) is 5.74. The molecule has 2 aromatic carbocycles. The van der Waals surface area contributed by atoms with Crippen LogP contribution >= 0.6 is 12.2 Å². The molecule has 0 radical (unpaired) electrons. The Labute approximate surface area is 198 Å². The molecule has 0 amide bonds. The lowest BCUT2D eigenvalue weighted by Crippen LogP contribution is -2.30. The molecule has 7 heteroatoms. The van der Waals surface area contributed by atoms with E-state index in [0.29, 0.717) is 11.7 Å². The zero-order valence-electron chi connectivity index (χ0n) is 18.1. The van der Waals surface area contributed by atoms with Crippen molar-refractivity contribution in [3.8, 4) is 17.2 Å². The number of benzene rings is 2. The highest BCUT2D eigenvalue weighted by atomic mass is 32.1. The summed E-state index contributed by atoms with van der Waals surface area (Å²) in [6.07, 6.45) is 3.85. The maximum absolute atomic E-state index is 9.81. The first-order chi connectivity index (χ1) is 16.2. The van der Waals surface area contributed by atoms with Gasteiger partial charge in [0.15, 0.2) is 5.11 Å². The minimum atomic E-state index is -0.154. The van der Waals surface area contributed by atoms with Crippen LogP contribution in [0, 0.1) is 0 Å². The number of pyridine rings is 1. The maximum atomic E-state index is 9.81. The van der Waals surface area contributed by atoms with Crippen molar-refractivity contribution in [2.45, 2.75) is 19.0 Å². The second-order valence-electron chi connectivity index (χ2n) is 7.74. The predicted molar refractivity (Wildman–Crippen MR) is 133 cm³/mol. The molecule has 3 heterocycles. The number of rotatable bonds is 6. The molecule has 6 nitrogen and oxygen atoms in total. The van der Waals surface area contributed by atoms with Gasteiger partial charge in [-0.3, -0.25) is 4.98 Å². The van der Waals surface area contributed by atoms with Gasteiger partial charge in [-0.2, -0.15) is 0 Å². The number of aromatic hydroxyl groups is 1. The number of phenols is 1. The second kappa shape index (κ2) is 8.96. The van der Waals surface area contributed by atoms with Crippen LogP contribution in [0.4, 0.5) is 5.69 Å². The highest BCUT2D eigenvalue weighted by Gasteiger charge is 2.42. The molecule has 1 aliphatic rings. The summed E-state index contributed by atoms with van der Waals surface area (Å²) in [5, 5.41) is 13.9. The van der Waals surface area contributed by atoms with Crippen LogP contribution in [0.3, 0.4) is 0 Å². The lowest BCUT2D eigenvalue weighted by atomic mass is 10.0. The zero-order chi connectivity index (χ0) is 22.8. The standard InChI is InChI=1S/C26H24N4O2S/c1-2-32-21-14-10-18(11-15-21)29-17-5-7-23(29)25-24(22-6-3-4-16-27-22)28-26(33)30(25)19-8-12-20(31)13-9-19/h3-17,24-25,31H,2H2,1H3,(H,28,33). The molecule has 33 heavy (non-hydrogen) atoms. The first-order valence-corrected chi connectivity index (χ1v) is 11.3. The number of aromatic nitrogens is 2. The van der Waals surface area contributed by atoms with E-state index in [1.165, 1.54) is 0 Å². The fourth-order valence-corrected chi connectivity index (χ4v) is 4.63. The number of ether oxygens (including phenoxy) is 1. The molecule has 0 spiro atoms. The van der Waals surface area contributed by atoms with Crippen LogP contribution in [-0.2, 0) is 0 Å². The number of hydrogen-bond donors (Lipinski definition) is 2. The van der Waals surface area contributed by atoms with E-state index < -0.39 is 0 Å². The molecular weight excluding hydrogens is 432 g/mol. The van der Waals surface area contributed by atoms with Crippen molar-refractivity contribution in [3.05, 3.63) is 103 Å². The summed E-state index contributed by atoms with van der Waals surface area (Å²) in [6, 6.07) is 24.9. The van der Waals surface area contributed by atoms with Crippen LogP contribution < -0.4 is 15.0 Å². The predicted octanol–water partition coefficient (Wildman–Crippen LogP) is 5.15. The Hall–Kier alpha value is -3.84. The van der Waals surface area contributed by atoms with Crippen LogP contribution in [-0.4, -0.2) is 26.4 Å². The van der Waals surface area contributed by atoms with Crippen LogP contribution in [0.1, 0.15) is 30.4 Å². The van der Waals surface area contributed by atoms with Crippen molar-refractivity contribution >= 4 is 23.0 Å². The molecular formula is C26H24N4O2S. The Kier molecular flexibility index (Phi) is 5.71. The largest absolute Gasteiger partial charge is 0.508 e. The van der Waals surface area contributed by atoms with E-state index in [9.17, 15) is 5.11 Å². The van der Waals surface area contributed by atoms with E-state index in [-0.39, 0.29) is 17.8 Å². The van der Waals surface area contributed by atoms with Gasteiger partial charge in [0, 0.05) is 29.5 Å². The summed E-state index contributed by atoms with van der Waals surface area (Å²) in [7, 11) is 0. The number of thiocarbonyl (C=S) groups is 1. The average molecular weight is 457 g/mol. The molecule has 1 fully saturated rings. The summed E-state index contributed by atoms with van der Waals surface area (Å²) < 4.78 is 7.77. The van der Waals surface area contributed by atoms with Gasteiger partial charge in [0.2, 0.25) is 0 Å². The van der Waals surface area contributed by atoms with Crippen LogP contribution in [0.2, 0.25) is 0 Å². The number of hydrogen-bond acceptors (Lipinski definition) is 4. The van der Waals surface area contributed by atoms with Gasteiger partial charge in [0.05, 0.1) is 18.3 Å². The fraction of sp³-hybridized carbons (Fsp3) is 0.154. The highest BCUT2D eigenvalue weighted by Crippen LogP contribution is 2.42. The van der Waals surface area contributed by atoms with Gasteiger partial charge in [-0.15, -0.1) is 0 Å². The van der Waals surface area contributed by atoms with Gasteiger partial charge >= 0.3 is 0 Å². The smallest absolute Gasteiger partial charge is 0.174 e. The van der Waals surface area contributed by atoms with Gasteiger partial charge in [-0.1, -0.05) is 6.07 Å². The molecule has 2 N–H and O–H groups in total. The Balaban J connectivity index is 1.61. The SMILES string of the molecule is CCOc1ccc(-n2cccc2C2C(c3ccccn3)NC(=S)N2c2ccc(O)cc2)cc1. The van der Waals surface area contributed by atoms with Gasteiger partial charge in [0.25, 0.3) is 0 Å². The van der Waals surface area contributed by atoms with Crippen molar-refractivity contribution in [1.82, 2.24) is 14.9 Å². The molecule has 0 bridgehead atoms. The lowest BCUT2D eigenvalue weighted by molar-refractivity contribution is 0.340. The monoisotopic (exact) mass is 456 g/mol. The van der Waals surface area contributed by atoms with Gasteiger partial charge in [-0.25, -0.2) is 0 Å². The van der Waals surface area contributed by atoms with Crippen molar-refractivity contribution < 1.29 is 9.84 Å². The molecule has 1 saturated heterocycles. The summed E-state index contributed by atoms with van der Waals surface area (Å²) >= 11 is 5.79. The number of phenolic OH excluding ortho intramolecular Hbond substituents is 1. The molecule has 0 saturated carbocycles. The van der Waals surface area contributed by atoms with Gasteiger partial charge < -0.3 is 24.6 Å². The van der Waals surface area contributed by atoms with Crippen LogP contribution in [0.15, 0.2) is 91.3 Å². The number of anilines is 1. The van der Waals surface area contributed by atoms with E-state index in [2.05, 4.69) is 44.2 Å². The van der Waals surface area contributed by atoms with Crippen molar-refractivity contribution in [3.63, 3.8) is 0 Å². The van der Waals surface area contributed by atoms with E-state index in [4.69, 9.17) is 17.0 Å². The molecule has 2 aromatic heterocycles. The summed E-state index contributed by atoms with van der Waals surface area (Å²) in [5.41, 5.74) is 3.90. The minimum Gasteiger partial charge on any atom is -0.508 e. The quantitative estimate of drug-likeness (QED) is 0.391. The normalized spacial score (nSPS) is 17.7. The van der Waals surface area contributed by atoms with E-state index in [0.717, 1.165) is 28.5 Å². The summed E-state index contributed by atoms with van der Waals surface area (Å²) in [5.74, 6) is 1.06. The maximum Gasteiger partial charge on any atom is 0.174 e. The van der Waals surface area contributed by atoms with E-state index in [1.54, 1.807) is 18.3 Å². The average Bonchev–Trinajstić information content (AvgIpc) is 3.45. The summed E-state index contributed by atoms with van der Waals surface area (Å²) in [4.78, 5) is 6.71. The Morgan fingerprint density at radius 2 is 1.73 bits per heavy atom. The Morgan fingerprint density at radius 3 is 2.42 bits per heavy atom. The molecule has 2 atom stereocenters. The molecule has 4 aromatic rings. The zero-order valence-corrected chi connectivity index (χ0v) is 18.9. The Morgan fingerprint density at radius 1 is 0.970 bits per heavy atom. The second-order valence-corrected chi connectivity index (χ2v) is 8.13. The molecule has 166 valence electrons. The third kappa shape index (κ3) is 4.03. The topological polar surface area (TPSA) is 62.5 Å². The van der Waals surface area contributed by atoms with Crippen molar-refractivity contribution in [2.75, 3.05) is 11.5 Å². The molecule has 5 rings (SSSR count). The third-order valence-corrected chi connectivity index (χ3v) is 6.05. The number of nitrogens with zero attached hydrogens (tertiary/aromatic N) is 3. The van der Waals surface area contributed by atoms with Crippen LogP contribution in [0.5, 0.6) is 11.5 Å². The minimum absolute atomic E-state index is 0.149. The molecule has 0 aliphatic carbocycles. The van der Waals surface area contributed by atoms with Crippen molar-refractivity contribution in [2.24, 2.45) is 0 Å². The fourth-order valence-electron chi connectivity index (χ4n) is 4.29. The van der Waals surface area contributed by atoms with E-state index >= 15 is 0 Å². The first-order valence-electron chi connectivity index (χ1n) is 10.9.